The zero-order chi connectivity index (χ0) is 19.6. The Bertz CT molecular complexity index is 1050. The molecule has 27 heavy (non-hydrogen) atoms. The topological polar surface area (TPSA) is 117 Å². The van der Waals surface area contributed by atoms with Gasteiger partial charge in [-0.05, 0) is 29.0 Å². The number of hydrogen-bond donors (Lipinski definition) is 1. The molecule has 140 valence electrons. The monoisotopic (exact) mass is 370 g/mol. The Morgan fingerprint density at radius 1 is 1.30 bits per heavy atom. The summed E-state index contributed by atoms with van der Waals surface area (Å²) >= 11 is 0. The predicted molar refractivity (Wildman–Crippen MR) is 97.9 cm³/mol. The third-order valence-corrected chi connectivity index (χ3v) is 4.22. The summed E-state index contributed by atoms with van der Waals surface area (Å²) in [5, 5.41) is 13.3. The highest BCUT2D eigenvalue weighted by Gasteiger charge is 2.18. The summed E-state index contributed by atoms with van der Waals surface area (Å²) in [7, 11) is 1.74. The average molecular weight is 370 g/mol. The van der Waals surface area contributed by atoms with Crippen LogP contribution in [0.3, 0.4) is 0 Å². The number of aryl methyl sites for hydroxylation is 1. The number of carbonyl (C=O) groups is 1. The van der Waals surface area contributed by atoms with Crippen molar-refractivity contribution in [3.8, 4) is 5.69 Å². The van der Waals surface area contributed by atoms with Gasteiger partial charge in [-0.1, -0.05) is 18.2 Å². The first-order chi connectivity index (χ1) is 12.9. The van der Waals surface area contributed by atoms with Gasteiger partial charge in [0.2, 0.25) is 12.2 Å². The van der Waals surface area contributed by atoms with Gasteiger partial charge in [0.05, 0.1) is 11.4 Å². The lowest BCUT2D eigenvalue weighted by Gasteiger charge is -2.07. The van der Waals surface area contributed by atoms with Crippen molar-refractivity contribution >= 4 is 17.4 Å². The van der Waals surface area contributed by atoms with E-state index < -0.39 is 4.92 Å². The highest BCUT2D eigenvalue weighted by Crippen LogP contribution is 2.14. The number of nitrogens with one attached hydrogen (secondary N) is 1. The van der Waals surface area contributed by atoms with Crippen LogP contribution < -0.4 is 10.9 Å². The maximum atomic E-state index is 12.7. The van der Waals surface area contributed by atoms with Crippen molar-refractivity contribution in [1.29, 1.82) is 0 Å². The molecule has 0 fully saturated rings. The second-order valence-corrected chi connectivity index (χ2v) is 5.96. The van der Waals surface area contributed by atoms with Crippen LogP contribution in [0.5, 0.6) is 0 Å². The fraction of sp³-hybridized carbons (Fsp3) is 0.235. The Hall–Kier alpha value is -3.69. The summed E-state index contributed by atoms with van der Waals surface area (Å²) in [4.78, 5) is 38.6. The molecule has 0 aliphatic rings. The summed E-state index contributed by atoms with van der Waals surface area (Å²) in [5.41, 5.74) is 1.20. The third-order valence-electron chi connectivity index (χ3n) is 4.22. The molecule has 10 nitrogen and oxygen atoms in total. The van der Waals surface area contributed by atoms with Gasteiger partial charge in [-0.2, -0.15) is 0 Å². The minimum atomic E-state index is -0.601. The number of benzene rings is 1. The van der Waals surface area contributed by atoms with Gasteiger partial charge in [-0.3, -0.25) is 14.3 Å². The molecule has 1 N–H and O–H groups in total. The molecule has 0 aliphatic carbocycles. The molecule has 0 unspecified atom stereocenters. The Morgan fingerprint density at radius 2 is 2.00 bits per heavy atom. The maximum Gasteiger partial charge on any atom is 0.381 e. The third kappa shape index (κ3) is 3.64. The van der Waals surface area contributed by atoms with Crippen LogP contribution in [0.1, 0.15) is 12.1 Å². The SMILES string of the molecule is Cc1c(NC(=O)CCn2cnc([N+](=O)[O-])c2)c(=O)n(-c2ccccc2)n1C. The number of aromatic nitrogens is 4. The number of nitro groups is 1. The van der Waals surface area contributed by atoms with E-state index >= 15 is 0 Å². The van der Waals surface area contributed by atoms with Gasteiger partial charge in [-0.15, -0.1) is 0 Å². The van der Waals surface area contributed by atoms with E-state index in [1.54, 1.807) is 30.8 Å². The quantitative estimate of drug-likeness (QED) is 0.523. The first-order valence-electron chi connectivity index (χ1n) is 8.18. The number of anilines is 1. The van der Waals surface area contributed by atoms with Gasteiger partial charge < -0.3 is 20.0 Å². The van der Waals surface area contributed by atoms with Gasteiger partial charge in [0.25, 0.3) is 5.56 Å². The molecule has 10 heteroatoms. The zero-order valence-corrected chi connectivity index (χ0v) is 14.8. The van der Waals surface area contributed by atoms with E-state index in [2.05, 4.69) is 10.3 Å². The second-order valence-electron chi connectivity index (χ2n) is 5.96. The first-order valence-corrected chi connectivity index (χ1v) is 8.18. The summed E-state index contributed by atoms with van der Waals surface area (Å²) in [6.45, 7) is 1.96. The van der Waals surface area contributed by atoms with Gasteiger partial charge in [0.15, 0.2) is 0 Å². The molecule has 2 heterocycles. The van der Waals surface area contributed by atoms with E-state index in [4.69, 9.17) is 0 Å². The lowest BCUT2D eigenvalue weighted by atomic mass is 10.3. The molecule has 0 atom stereocenters. The van der Waals surface area contributed by atoms with Crippen LogP contribution >= 0.6 is 0 Å². The maximum absolute atomic E-state index is 12.7. The zero-order valence-electron chi connectivity index (χ0n) is 14.8. The minimum absolute atomic E-state index is 0.0482. The number of imidazole rings is 1. The summed E-state index contributed by atoms with van der Waals surface area (Å²) in [6.07, 6.45) is 2.59. The Kier molecular flexibility index (Phi) is 4.88. The van der Waals surface area contributed by atoms with Crippen LogP contribution in [0.4, 0.5) is 11.5 Å². The minimum Gasteiger partial charge on any atom is -0.358 e. The Balaban J connectivity index is 1.74. The molecule has 0 aliphatic heterocycles. The number of hydrogen-bond acceptors (Lipinski definition) is 5. The molecule has 3 aromatic rings. The van der Waals surface area contributed by atoms with Crippen molar-refractivity contribution in [1.82, 2.24) is 18.9 Å². The van der Waals surface area contributed by atoms with E-state index in [0.29, 0.717) is 11.4 Å². The molecular formula is C17H18N6O4. The number of amides is 1. The van der Waals surface area contributed by atoms with Gasteiger partial charge in [0, 0.05) is 20.0 Å². The molecule has 0 spiro atoms. The van der Waals surface area contributed by atoms with Crippen LogP contribution in [0.15, 0.2) is 47.7 Å². The van der Waals surface area contributed by atoms with Gasteiger partial charge in [-0.25, -0.2) is 4.68 Å². The van der Waals surface area contributed by atoms with Crippen molar-refractivity contribution in [3.05, 3.63) is 69.0 Å². The second kappa shape index (κ2) is 7.28. The van der Waals surface area contributed by atoms with E-state index in [1.807, 2.05) is 18.2 Å². The number of nitrogens with zero attached hydrogens (tertiary/aromatic N) is 5. The van der Waals surface area contributed by atoms with Gasteiger partial charge >= 0.3 is 5.82 Å². The van der Waals surface area contributed by atoms with Crippen molar-refractivity contribution in [3.63, 3.8) is 0 Å². The van der Waals surface area contributed by atoms with Crippen molar-refractivity contribution in [2.45, 2.75) is 19.9 Å². The van der Waals surface area contributed by atoms with Crippen LogP contribution in [0.2, 0.25) is 0 Å². The predicted octanol–water partition coefficient (Wildman–Crippen LogP) is 1.62. The molecule has 0 radical (unpaired) electrons. The van der Waals surface area contributed by atoms with Crippen molar-refractivity contribution in [2.24, 2.45) is 7.05 Å². The molecule has 3 rings (SSSR count). The number of para-hydroxylation sites is 1. The molecular weight excluding hydrogens is 352 g/mol. The summed E-state index contributed by atoms with van der Waals surface area (Å²) in [5.74, 6) is -0.641. The Morgan fingerprint density at radius 3 is 2.63 bits per heavy atom. The van der Waals surface area contributed by atoms with E-state index in [9.17, 15) is 19.7 Å². The molecule has 1 amide bonds. The molecule has 0 bridgehead atoms. The van der Waals surface area contributed by atoms with E-state index in [1.165, 1.54) is 21.8 Å². The largest absolute Gasteiger partial charge is 0.381 e. The summed E-state index contributed by atoms with van der Waals surface area (Å²) < 4.78 is 4.61. The lowest BCUT2D eigenvalue weighted by molar-refractivity contribution is -0.389. The van der Waals surface area contributed by atoms with E-state index in [-0.39, 0.29) is 35.9 Å². The summed E-state index contributed by atoms with van der Waals surface area (Å²) in [6, 6.07) is 9.11. The molecule has 2 aromatic heterocycles. The fourth-order valence-electron chi connectivity index (χ4n) is 2.71. The highest BCUT2D eigenvalue weighted by atomic mass is 16.6. The van der Waals surface area contributed by atoms with E-state index in [0.717, 1.165) is 0 Å². The van der Waals surface area contributed by atoms with Crippen LogP contribution in [0, 0.1) is 17.0 Å². The van der Waals surface area contributed by atoms with Crippen molar-refractivity contribution in [2.75, 3.05) is 5.32 Å². The van der Waals surface area contributed by atoms with Crippen molar-refractivity contribution < 1.29 is 9.72 Å². The standard InChI is InChI=1S/C17H18N6O4/c1-12-16(17(25)22(20(12)2)13-6-4-3-5-7-13)19-15(24)8-9-21-10-14(18-11-21)23(26)27/h3-7,10-11H,8-9H2,1-2H3,(H,19,24). The molecule has 0 saturated heterocycles. The normalized spacial score (nSPS) is 10.7. The number of carbonyl (C=O) groups excluding carboxylic acids is 1. The molecule has 0 saturated carbocycles. The van der Waals surface area contributed by atoms with Crippen LogP contribution in [-0.2, 0) is 18.4 Å². The molecule has 1 aromatic carbocycles. The fourth-order valence-corrected chi connectivity index (χ4v) is 2.71. The number of rotatable bonds is 6. The highest BCUT2D eigenvalue weighted by molar-refractivity contribution is 5.91. The van der Waals surface area contributed by atoms with Crippen LogP contribution in [0.25, 0.3) is 5.69 Å². The van der Waals surface area contributed by atoms with Gasteiger partial charge in [0.1, 0.15) is 11.9 Å². The Labute approximate surface area is 153 Å². The van der Waals surface area contributed by atoms with Crippen LogP contribution in [-0.4, -0.2) is 29.7 Å². The average Bonchev–Trinajstić information content (AvgIpc) is 3.21. The lowest BCUT2D eigenvalue weighted by Crippen LogP contribution is -2.23. The smallest absolute Gasteiger partial charge is 0.358 e. The first kappa shape index (κ1) is 18.1.